The predicted octanol–water partition coefficient (Wildman–Crippen LogP) is 3.81. The minimum atomic E-state index is -0.690. The monoisotopic (exact) mass is 267 g/mol. The van der Waals surface area contributed by atoms with Gasteiger partial charge in [0, 0.05) is 12.6 Å². The number of halogens is 1. The molecule has 0 aromatic heterocycles. The molecule has 2 N–H and O–H groups in total. The van der Waals surface area contributed by atoms with Crippen LogP contribution in [0.2, 0.25) is 0 Å². The van der Waals surface area contributed by atoms with Crippen molar-refractivity contribution in [2.45, 2.75) is 58.1 Å². The zero-order valence-corrected chi connectivity index (χ0v) is 12.2. The maximum Gasteiger partial charge on any atom is 0.123 e. The Labute approximate surface area is 116 Å². The van der Waals surface area contributed by atoms with Crippen LogP contribution in [0.15, 0.2) is 24.3 Å². The highest BCUT2D eigenvalue weighted by Crippen LogP contribution is 2.21. The van der Waals surface area contributed by atoms with Crippen LogP contribution in [0.3, 0.4) is 0 Å². The van der Waals surface area contributed by atoms with E-state index in [1.54, 1.807) is 0 Å². The molecule has 3 heteroatoms. The van der Waals surface area contributed by atoms with Crippen molar-refractivity contribution in [1.29, 1.82) is 0 Å². The summed E-state index contributed by atoms with van der Waals surface area (Å²) in [7, 11) is 0. The Morgan fingerprint density at radius 1 is 1.26 bits per heavy atom. The lowest BCUT2D eigenvalue weighted by atomic mass is 9.98. The quantitative estimate of drug-likeness (QED) is 0.750. The predicted molar refractivity (Wildman–Crippen MR) is 77.6 cm³/mol. The molecule has 0 bridgehead atoms. The molecule has 0 fully saturated rings. The Hall–Kier alpha value is -0.930. The molecule has 0 saturated carbocycles. The highest BCUT2D eigenvalue weighted by Gasteiger charge is 2.20. The molecule has 0 radical (unpaired) electrons. The van der Waals surface area contributed by atoms with Gasteiger partial charge in [0.2, 0.25) is 0 Å². The van der Waals surface area contributed by atoms with Crippen LogP contribution in [-0.2, 0) is 0 Å². The molecule has 0 heterocycles. The van der Waals surface area contributed by atoms with E-state index in [4.69, 9.17) is 0 Å². The summed E-state index contributed by atoms with van der Waals surface area (Å²) in [6.45, 7) is 6.52. The fourth-order valence-corrected chi connectivity index (χ4v) is 1.96. The van der Waals surface area contributed by atoms with Crippen molar-refractivity contribution < 1.29 is 9.50 Å². The van der Waals surface area contributed by atoms with Crippen LogP contribution < -0.4 is 5.32 Å². The van der Waals surface area contributed by atoms with Crippen molar-refractivity contribution in [3.05, 3.63) is 35.6 Å². The number of aliphatic hydroxyl groups is 1. The van der Waals surface area contributed by atoms with Crippen molar-refractivity contribution in [3.63, 3.8) is 0 Å². The van der Waals surface area contributed by atoms with E-state index in [1.165, 1.54) is 12.1 Å². The van der Waals surface area contributed by atoms with Gasteiger partial charge in [-0.1, -0.05) is 38.8 Å². The highest BCUT2D eigenvalue weighted by molar-refractivity contribution is 5.20. The molecule has 0 saturated heterocycles. The molecule has 19 heavy (non-hydrogen) atoms. The van der Waals surface area contributed by atoms with E-state index in [9.17, 15) is 9.50 Å². The average Bonchev–Trinajstić information content (AvgIpc) is 2.40. The normalized spacial score (nSPS) is 16.1. The number of nitrogens with one attached hydrogen (secondary N) is 1. The lowest BCUT2D eigenvalue weighted by molar-refractivity contribution is 0.0524. The second-order valence-corrected chi connectivity index (χ2v) is 5.48. The molecule has 0 aliphatic heterocycles. The Bertz CT molecular complexity index is 362. The molecule has 0 aliphatic carbocycles. The van der Waals surface area contributed by atoms with E-state index in [2.05, 4.69) is 12.2 Å². The topological polar surface area (TPSA) is 32.3 Å². The first-order chi connectivity index (χ1) is 8.98. The van der Waals surface area contributed by atoms with Crippen LogP contribution in [0.5, 0.6) is 0 Å². The van der Waals surface area contributed by atoms with Gasteiger partial charge in [0.25, 0.3) is 0 Å². The molecule has 1 aromatic carbocycles. The Kier molecular flexibility index (Phi) is 6.46. The van der Waals surface area contributed by atoms with Gasteiger partial charge >= 0.3 is 0 Å². The number of hydrogen-bond donors (Lipinski definition) is 2. The van der Waals surface area contributed by atoms with Crippen molar-refractivity contribution >= 4 is 0 Å². The van der Waals surface area contributed by atoms with Gasteiger partial charge in [0.15, 0.2) is 0 Å². The van der Waals surface area contributed by atoms with Gasteiger partial charge in [-0.2, -0.15) is 0 Å². The molecule has 1 rings (SSSR count). The summed E-state index contributed by atoms with van der Waals surface area (Å²) in [6, 6.07) is 6.81. The van der Waals surface area contributed by atoms with Crippen LogP contribution in [0.4, 0.5) is 4.39 Å². The third kappa shape index (κ3) is 5.70. The van der Waals surface area contributed by atoms with Gasteiger partial charge in [0.1, 0.15) is 5.82 Å². The Morgan fingerprint density at radius 3 is 2.42 bits per heavy atom. The summed E-state index contributed by atoms with van der Waals surface area (Å²) >= 11 is 0. The molecular formula is C16H26FNO. The molecule has 2 unspecified atom stereocenters. The summed E-state index contributed by atoms with van der Waals surface area (Å²) in [5, 5.41) is 13.5. The first kappa shape index (κ1) is 16.1. The zero-order chi connectivity index (χ0) is 14.3. The third-order valence-electron chi connectivity index (χ3n) is 3.61. The van der Waals surface area contributed by atoms with Crippen molar-refractivity contribution in [3.8, 4) is 0 Å². The van der Waals surface area contributed by atoms with Gasteiger partial charge in [-0.25, -0.2) is 4.39 Å². The fraction of sp³-hybridized carbons (Fsp3) is 0.625. The highest BCUT2D eigenvalue weighted by atomic mass is 19.1. The van der Waals surface area contributed by atoms with Crippen LogP contribution in [0.1, 0.15) is 58.1 Å². The van der Waals surface area contributed by atoms with E-state index in [-0.39, 0.29) is 11.9 Å². The van der Waals surface area contributed by atoms with Gasteiger partial charge in [-0.15, -0.1) is 0 Å². The number of rotatable bonds is 8. The number of hydrogen-bond acceptors (Lipinski definition) is 2. The molecule has 1 aromatic rings. The number of unbranched alkanes of at least 4 members (excludes halogenated alkanes) is 1. The van der Waals surface area contributed by atoms with Crippen molar-refractivity contribution in [2.75, 3.05) is 6.54 Å². The summed E-state index contributed by atoms with van der Waals surface area (Å²) in [5.41, 5.74) is 0.395. The van der Waals surface area contributed by atoms with Gasteiger partial charge in [-0.05, 0) is 37.5 Å². The second kappa shape index (κ2) is 7.61. The molecule has 0 amide bonds. The molecular weight excluding hydrogens is 241 g/mol. The van der Waals surface area contributed by atoms with Crippen LogP contribution >= 0.6 is 0 Å². The summed E-state index contributed by atoms with van der Waals surface area (Å²) < 4.78 is 13.0. The SMILES string of the molecule is CCCCC(NCC(C)(O)CC)c1ccc(F)cc1. The van der Waals surface area contributed by atoms with E-state index in [0.29, 0.717) is 13.0 Å². The smallest absolute Gasteiger partial charge is 0.123 e. The van der Waals surface area contributed by atoms with E-state index in [1.807, 2.05) is 26.0 Å². The summed E-state index contributed by atoms with van der Waals surface area (Å²) in [6.07, 6.45) is 3.96. The lowest BCUT2D eigenvalue weighted by Gasteiger charge is -2.26. The first-order valence-electron chi connectivity index (χ1n) is 7.19. The lowest BCUT2D eigenvalue weighted by Crippen LogP contribution is -2.38. The molecule has 2 nitrogen and oxygen atoms in total. The second-order valence-electron chi connectivity index (χ2n) is 5.48. The fourth-order valence-electron chi connectivity index (χ4n) is 1.96. The minimum Gasteiger partial charge on any atom is -0.389 e. The van der Waals surface area contributed by atoms with Crippen LogP contribution in [0.25, 0.3) is 0 Å². The van der Waals surface area contributed by atoms with Crippen molar-refractivity contribution in [1.82, 2.24) is 5.32 Å². The summed E-state index contributed by atoms with van der Waals surface area (Å²) in [4.78, 5) is 0. The minimum absolute atomic E-state index is 0.179. The Morgan fingerprint density at radius 2 is 1.89 bits per heavy atom. The standard InChI is InChI=1S/C16H26FNO/c1-4-6-7-15(18-12-16(3,19)5-2)13-8-10-14(17)11-9-13/h8-11,15,18-19H,4-7,12H2,1-3H3. The molecule has 108 valence electrons. The zero-order valence-electron chi connectivity index (χ0n) is 12.2. The maximum absolute atomic E-state index is 13.0. The van der Waals surface area contributed by atoms with E-state index >= 15 is 0 Å². The average molecular weight is 267 g/mol. The third-order valence-corrected chi connectivity index (χ3v) is 3.61. The molecule has 2 atom stereocenters. The first-order valence-corrected chi connectivity index (χ1v) is 7.19. The van der Waals surface area contributed by atoms with E-state index in [0.717, 1.165) is 24.8 Å². The largest absolute Gasteiger partial charge is 0.389 e. The Balaban J connectivity index is 2.68. The van der Waals surface area contributed by atoms with Gasteiger partial charge < -0.3 is 10.4 Å². The number of benzene rings is 1. The van der Waals surface area contributed by atoms with Crippen LogP contribution in [-0.4, -0.2) is 17.3 Å². The molecule has 0 aliphatic rings. The van der Waals surface area contributed by atoms with Gasteiger partial charge in [-0.3, -0.25) is 0 Å². The van der Waals surface area contributed by atoms with Gasteiger partial charge in [0.05, 0.1) is 5.60 Å². The van der Waals surface area contributed by atoms with E-state index < -0.39 is 5.60 Å². The van der Waals surface area contributed by atoms with Crippen molar-refractivity contribution in [2.24, 2.45) is 0 Å². The van der Waals surface area contributed by atoms with Crippen LogP contribution in [0, 0.1) is 5.82 Å². The maximum atomic E-state index is 13.0. The molecule has 0 spiro atoms. The summed E-state index contributed by atoms with van der Waals surface area (Å²) in [5.74, 6) is -0.210.